The zero-order chi connectivity index (χ0) is 27.2. The molecule has 0 fully saturated rings. The molecule has 0 radical (unpaired) electrons. The third kappa shape index (κ3) is 12.8. The largest absolute Gasteiger partial charge is 0.351 e. The maximum Gasteiger partial charge on any atom is 0.319 e. The Bertz CT molecular complexity index is 1160. The van der Waals surface area contributed by atoms with Crippen LogP contribution in [-0.2, 0) is 17.8 Å². The maximum absolute atomic E-state index is 13.2. The van der Waals surface area contributed by atoms with Gasteiger partial charge < -0.3 is 27.0 Å². The number of halogens is 4. The number of hydrogen-bond donors (Lipinski definition) is 5. The maximum atomic E-state index is 13.2. The van der Waals surface area contributed by atoms with Gasteiger partial charge in [0.15, 0.2) is 0 Å². The molecule has 0 aliphatic carbocycles. The molecule has 2 atom stereocenters. The van der Waals surface area contributed by atoms with Gasteiger partial charge in [0, 0.05) is 24.2 Å². The van der Waals surface area contributed by atoms with Crippen molar-refractivity contribution in [2.75, 3.05) is 18.4 Å². The third-order valence-corrected chi connectivity index (χ3v) is 6.57. The zero-order valence-corrected chi connectivity index (χ0v) is 25.2. The van der Waals surface area contributed by atoms with Gasteiger partial charge in [0.2, 0.25) is 5.91 Å². The lowest BCUT2D eigenvalue weighted by Crippen LogP contribution is -2.52. The van der Waals surface area contributed by atoms with Gasteiger partial charge in [0.25, 0.3) is 0 Å². The minimum absolute atomic E-state index is 0. The third-order valence-electron chi connectivity index (χ3n) is 6.02. The summed E-state index contributed by atoms with van der Waals surface area (Å²) in [5, 5.41) is 13.0. The monoisotopic (exact) mass is 627 g/mol. The lowest BCUT2D eigenvalue weighted by Gasteiger charge is -2.26. The minimum atomic E-state index is -0.436. The van der Waals surface area contributed by atoms with E-state index >= 15 is 0 Å². The summed E-state index contributed by atoms with van der Waals surface area (Å²) in [4.78, 5) is 25.9. The number of nitrogens with one attached hydrogen (secondary N) is 4. The number of urea groups is 1. The van der Waals surface area contributed by atoms with Gasteiger partial charge in [0.05, 0.1) is 16.8 Å². The highest BCUT2D eigenvalue weighted by Gasteiger charge is 2.23. The van der Waals surface area contributed by atoms with Crippen molar-refractivity contribution in [3.63, 3.8) is 0 Å². The molecule has 6 N–H and O–H groups in total. The molecule has 7 nitrogen and oxygen atoms in total. The molecule has 0 bridgehead atoms. The second-order valence-corrected chi connectivity index (χ2v) is 9.90. The van der Waals surface area contributed by atoms with Crippen LogP contribution in [0.4, 0.5) is 10.5 Å². The van der Waals surface area contributed by atoms with Crippen molar-refractivity contribution >= 4 is 65.6 Å². The van der Waals surface area contributed by atoms with Gasteiger partial charge in [-0.1, -0.05) is 90.3 Å². The van der Waals surface area contributed by atoms with Crippen LogP contribution < -0.4 is 27.0 Å². The van der Waals surface area contributed by atoms with Crippen LogP contribution in [0, 0.1) is 0 Å². The normalized spacial score (nSPS) is 11.8. The summed E-state index contributed by atoms with van der Waals surface area (Å²) in [6, 6.07) is 23.6. The van der Waals surface area contributed by atoms with Crippen LogP contribution in [0.25, 0.3) is 0 Å². The van der Waals surface area contributed by atoms with E-state index in [1.54, 1.807) is 18.2 Å². The molecule has 3 aromatic rings. The Morgan fingerprint density at radius 2 is 1.48 bits per heavy atom. The first-order valence-electron chi connectivity index (χ1n) is 12.8. The van der Waals surface area contributed by atoms with Crippen LogP contribution in [0.5, 0.6) is 0 Å². The molecule has 3 rings (SSSR count). The van der Waals surface area contributed by atoms with E-state index in [1.165, 1.54) is 0 Å². The quantitative estimate of drug-likeness (QED) is 0.142. The van der Waals surface area contributed by atoms with Crippen LogP contribution in [0.15, 0.2) is 78.9 Å². The summed E-state index contributed by atoms with van der Waals surface area (Å²) >= 11 is 12.1. The fourth-order valence-electron chi connectivity index (χ4n) is 4.04. The van der Waals surface area contributed by atoms with Gasteiger partial charge in [-0.3, -0.25) is 4.79 Å². The molecule has 0 unspecified atom stereocenters. The summed E-state index contributed by atoms with van der Waals surface area (Å²) in [7, 11) is 0. The average molecular weight is 629 g/mol. The predicted octanol–water partition coefficient (Wildman–Crippen LogP) is 5.97. The molecule has 0 saturated heterocycles. The Labute approximate surface area is 258 Å². The lowest BCUT2D eigenvalue weighted by atomic mass is 10.0. The smallest absolute Gasteiger partial charge is 0.319 e. The van der Waals surface area contributed by atoms with E-state index in [9.17, 15) is 9.59 Å². The summed E-state index contributed by atoms with van der Waals surface area (Å²) in [5.41, 5.74) is 8.28. The van der Waals surface area contributed by atoms with Crippen molar-refractivity contribution in [2.24, 2.45) is 5.73 Å². The summed E-state index contributed by atoms with van der Waals surface area (Å²) in [5.74, 6) is -0.0821. The van der Waals surface area contributed by atoms with Crippen LogP contribution in [0.3, 0.4) is 0 Å². The standard InChI is InChI=1S/C29H35Cl2N5O2.2ClH/c30-23-14-15-26(25(31)18-23)36-29(38)34-20-24(17-21-9-3-1-4-10-21)35-27(13-7-8-16-32)28(37)33-19-22-11-5-2-6-12-22;;/h1-6,9-12,14-15,18,24,27,35H,7-8,13,16-17,19-20,32H2,(H,33,37)(H2,34,36,38);2*1H/t24-,27+;;/m1../s1. The molecule has 0 saturated carbocycles. The molecule has 0 spiro atoms. The Morgan fingerprint density at radius 1 is 0.825 bits per heavy atom. The van der Waals surface area contributed by atoms with Gasteiger partial charge in [-0.2, -0.15) is 0 Å². The van der Waals surface area contributed by atoms with Crippen molar-refractivity contribution in [1.29, 1.82) is 0 Å². The molecule has 40 heavy (non-hydrogen) atoms. The Balaban J connectivity index is 0.00000400. The number of benzene rings is 3. The molecule has 0 aromatic heterocycles. The number of carbonyl (C=O) groups excluding carboxylic acids is 2. The molecule has 0 aliphatic rings. The fraction of sp³-hybridized carbons (Fsp3) is 0.310. The lowest BCUT2D eigenvalue weighted by molar-refractivity contribution is -0.123. The van der Waals surface area contributed by atoms with Gasteiger partial charge in [-0.15, -0.1) is 24.8 Å². The Morgan fingerprint density at radius 3 is 2.10 bits per heavy atom. The SMILES string of the molecule is Cl.Cl.NCCCC[C@H](N[C@@H](CNC(=O)Nc1ccc(Cl)cc1Cl)Cc1ccccc1)C(=O)NCc1ccccc1. The first-order chi connectivity index (χ1) is 18.4. The highest BCUT2D eigenvalue weighted by molar-refractivity contribution is 6.36. The molecule has 11 heteroatoms. The average Bonchev–Trinajstić information content (AvgIpc) is 2.92. The van der Waals surface area contributed by atoms with E-state index in [2.05, 4.69) is 21.3 Å². The Kier molecular flexibility index (Phi) is 17.3. The number of carbonyl (C=O) groups is 2. The van der Waals surface area contributed by atoms with E-state index in [-0.39, 0.29) is 36.8 Å². The first kappa shape index (κ1) is 35.5. The molecule has 0 heterocycles. The van der Waals surface area contributed by atoms with Gasteiger partial charge in [-0.05, 0) is 55.1 Å². The molecular weight excluding hydrogens is 592 g/mol. The molecule has 3 aromatic carbocycles. The van der Waals surface area contributed by atoms with Crippen LogP contribution >= 0.6 is 48.0 Å². The topological polar surface area (TPSA) is 108 Å². The minimum Gasteiger partial charge on any atom is -0.351 e. The fourth-order valence-corrected chi connectivity index (χ4v) is 4.49. The molecule has 3 amide bonds. The van der Waals surface area contributed by atoms with Gasteiger partial charge >= 0.3 is 6.03 Å². The van der Waals surface area contributed by atoms with Crippen LogP contribution in [0.2, 0.25) is 10.0 Å². The van der Waals surface area contributed by atoms with E-state index in [0.29, 0.717) is 48.2 Å². The second kappa shape index (κ2) is 19.5. The van der Waals surface area contributed by atoms with Crippen molar-refractivity contribution < 1.29 is 9.59 Å². The van der Waals surface area contributed by atoms with Crippen LogP contribution in [0.1, 0.15) is 30.4 Å². The number of anilines is 1. The summed E-state index contributed by atoms with van der Waals surface area (Å²) < 4.78 is 0. The molecular formula is C29H37Cl4N5O2. The molecule has 218 valence electrons. The Hall–Kier alpha value is -2.52. The number of nitrogens with two attached hydrogens (primary N) is 1. The molecule has 0 aliphatic heterocycles. The zero-order valence-electron chi connectivity index (χ0n) is 22.1. The van der Waals surface area contributed by atoms with E-state index in [1.807, 2.05) is 60.7 Å². The van der Waals surface area contributed by atoms with E-state index < -0.39 is 12.1 Å². The number of hydrogen-bond acceptors (Lipinski definition) is 4. The number of amides is 3. The predicted molar refractivity (Wildman–Crippen MR) is 170 cm³/mol. The highest BCUT2D eigenvalue weighted by Crippen LogP contribution is 2.25. The van der Waals surface area contributed by atoms with Gasteiger partial charge in [-0.25, -0.2) is 4.79 Å². The van der Waals surface area contributed by atoms with Crippen molar-refractivity contribution in [3.05, 3.63) is 100 Å². The summed E-state index contributed by atoms with van der Waals surface area (Å²) in [6.07, 6.45) is 2.90. The first-order valence-corrected chi connectivity index (χ1v) is 13.5. The van der Waals surface area contributed by atoms with Crippen molar-refractivity contribution in [1.82, 2.24) is 16.0 Å². The van der Waals surface area contributed by atoms with E-state index in [4.69, 9.17) is 28.9 Å². The highest BCUT2D eigenvalue weighted by atomic mass is 35.5. The van der Waals surface area contributed by atoms with Crippen LogP contribution in [-0.4, -0.2) is 37.1 Å². The number of unbranched alkanes of at least 4 members (excludes halogenated alkanes) is 1. The van der Waals surface area contributed by atoms with Gasteiger partial charge in [0.1, 0.15) is 0 Å². The second-order valence-electron chi connectivity index (χ2n) is 9.05. The van der Waals surface area contributed by atoms with Crippen molar-refractivity contribution in [3.8, 4) is 0 Å². The summed E-state index contributed by atoms with van der Waals surface area (Å²) in [6.45, 7) is 1.31. The number of rotatable bonds is 14. The van der Waals surface area contributed by atoms with E-state index in [0.717, 1.165) is 24.0 Å². The van der Waals surface area contributed by atoms with Crippen molar-refractivity contribution in [2.45, 2.75) is 44.3 Å².